The van der Waals surface area contributed by atoms with Crippen LogP contribution in [0.1, 0.15) is 45.5 Å². The molecular weight excluding hydrogens is 344 g/mol. The van der Waals surface area contributed by atoms with Crippen molar-refractivity contribution < 1.29 is 24.2 Å². The molecule has 0 radical (unpaired) electrons. The number of aromatic carboxylic acids is 1. The van der Waals surface area contributed by atoms with Crippen molar-refractivity contribution >= 4 is 29.1 Å². The van der Waals surface area contributed by atoms with Crippen molar-refractivity contribution in [2.75, 3.05) is 32.8 Å². The maximum Gasteiger partial charge on any atom is 0.345 e. The van der Waals surface area contributed by atoms with Crippen molar-refractivity contribution in [3.05, 3.63) is 21.9 Å². The summed E-state index contributed by atoms with van der Waals surface area (Å²) in [5, 5.41) is 11.9. The van der Waals surface area contributed by atoms with Crippen LogP contribution in [0.3, 0.4) is 0 Å². The fourth-order valence-corrected chi connectivity index (χ4v) is 3.56. The van der Waals surface area contributed by atoms with Gasteiger partial charge in [-0.25, -0.2) is 4.79 Å². The second-order valence-electron chi connectivity index (χ2n) is 5.88. The Kier molecular flexibility index (Phi) is 7.39. The quantitative estimate of drug-likeness (QED) is 0.683. The monoisotopic (exact) mass is 368 g/mol. The molecule has 1 aliphatic heterocycles. The molecule has 1 aromatic rings. The van der Waals surface area contributed by atoms with Crippen molar-refractivity contribution in [2.45, 2.75) is 26.2 Å². The van der Waals surface area contributed by atoms with E-state index in [2.05, 4.69) is 5.32 Å². The summed E-state index contributed by atoms with van der Waals surface area (Å²) >= 11 is 0.985. The van der Waals surface area contributed by atoms with Gasteiger partial charge in [0.1, 0.15) is 4.88 Å². The highest BCUT2D eigenvalue weighted by molar-refractivity contribution is 7.15. The van der Waals surface area contributed by atoms with Gasteiger partial charge < -0.3 is 20.1 Å². The number of amides is 2. The van der Waals surface area contributed by atoms with Crippen LogP contribution in [0.5, 0.6) is 0 Å². The average molecular weight is 368 g/mol. The number of thiophene rings is 1. The van der Waals surface area contributed by atoms with Crippen LogP contribution < -0.4 is 5.32 Å². The fraction of sp³-hybridized carbons (Fsp3) is 0.588. The minimum atomic E-state index is -1.02. The maximum atomic E-state index is 12.4. The van der Waals surface area contributed by atoms with Gasteiger partial charge in [0.15, 0.2) is 0 Å². The molecule has 1 aliphatic rings. The van der Waals surface area contributed by atoms with E-state index < -0.39 is 5.97 Å². The Hall–Kier alpha value is -1.93. The van der Waals surface area contributed by atoms with Crippen molar-refractivity contribution in [1.82, 2.24) is 10.2 Å². The van der Waals surface area contributed by atoms with Crippen LogP contribution in [0, 0.1) is 5.92 Å². The molecule has 138 valence electrons. The van der Waals surface area contributed by atoms with E-state index in [4.69, 9.17) is 9.84 Å². The van der Waals surface area contributed by atoms with Gasteiger partial charge in [-0.3, -0.25) is 9.59 Å². The standard InChI is InChI=1S/C17H24N2O5S/c1-2-24-11-3-8-18-15(20)12-6-9-19(10-7-12)16(21)13-4-5-14(25-13)17(22)23/h4-5,12H,2-3,6-11H2,1H3,(H,18,20)(H,22,23). The van der Waals surface area contributed by atoms with Gasteiger partial charge in [0.05, 0.1) is 4.88 Å². The summed E-state index contributed by atoms with van der Waals surface area (Å²) in [5.41, 5.74) is 0. The number of carboxylic acids is 1. The number of ether oxygens (including phenoxy) is 1. The molecule has 7 nitrogen and oxygen atoms in total. The highest BCUT2D eigenvalue weighted by Gasteiger charge is 2.28. The van der Waals surface area contributed by atoms with Crippen molar-refractivity contribution in [3.63, 3.8) is 0 Å². The van der Waals surface area contributed by atoms with Gasteiger partial charge in [0, 0.05) is 38.8 Å². The number of hydrogen-bond donors (Lipinski definition) is 2. The summed E-state index contributed by atoms with van der Waals surface area (Å²) in [6.45, 7) is 4.88. The number of carbonyl (C=O) groups excluding carboxylic acids is 2. The molecular formula is C17H24N2O5S. The average Bonchev–Trinajstić information content (AvgIpc) is 3.11. The second kappa shape index (κ2) is 9.53. The van der Waals surface area contributed by atoms with Gasteiger partial charge in [0.2, 0.25) is 5.91 Å². The summed E-state index contributed by atoms with van der Waals surface area (Å²) in [7, 11) is 0. The van der Waals surface area contributed by atoms with E-state index in [1.807, 2.05) is 6.92 Å². The molecule has 2 rings (SSSR count). The van der Waals surface area contributed by atoms with E-state index in [1.54, 1.807) is 11.0 Å². The number of piperidine rings is 1. The van der Waals surface area contributed by atoms with Crippen molar-refractivity contribution in [2.24, 2.45) is 5.92 Å². The number of nitrogens with zero attached hydrogens (tertiary/aromatic N) is 1. The lowest BCUT2D eigenvalue weighted by molar-refractivity contribution is -0.126. The first-order valence-corrected chi connectivity index (χ1v) is 9.32. The zero-order valence-corrected chi connectivity index (χ0v) is 15.1. The lowest BCUT2D eigenvalue weighted by Crippen LogP contribution is -2.43. The molecule has 2 amide bonds. The molecule has 0 unspecified atom stereocenters. The Morgan fingerprint density at radius 2 is 1.96 bits per heavy atom. The normalized spacial score (nSPS) is 15.2. The summed E-state index contributed by atoms with van der Waals surface area (Å²) in [5.74, 6) is -1.22. The Morgan fingerprint density at radius 3 is 2.56 bits per heavy atom. The third kappa shape index (κ3) is 5.54. The molecule has 2 N–H and O–H groups in total. The van der Waals surface area contributed by atoms with E-state index in [9.17, 15) is 14.4 Å². The first kappa shape index (κ1) is 19.4. The van der Waals surface area contributed by atoms with Gasteiger partial charge in [-0.2, -0.15) is 0 Å². The number of likely N-dealkylation sites (tertiary alicyclic amines) is 1. The van der Waals surface area contributed by atoms with E-state index in [-0.39, 0.29) is 22.6 Å². The van der Waals surface area contributed by atoms with Gasteiger partial charge in [-0.1, -0.05) is 0 Å². The van der Waals surface area contributed by atoms with Crippen LogP contribution in [0.2, 0.25) is 0 Å². The topological polar surface area (TPSA) is 95.9 Å². The number of carboxylic acid groups (broad SMARTS) is 1. The van der Waals surface area contributed by atoms with Gasteiger partial charge in [-0.05, 0) is 38.3 Å². The van der Waals surface area contributed by atoms with Gasteiger partial charge >= 0.3 is 5.97 Å². The minimum Gasteiger partial charge on any atom is -0.477 e. The number of carbonyl (C=O) groups is 3. The predicted octanol–water partition coefficient (Wildman–Crippen LogP) is 1.84. The number of nitrogens with one attached hydrogen (secondary N) is 1. The van der Waals surface area contributed by atoms with E-state index >= 15 is 0 Å². The predicted molar refractivity (Wildman–Crippen MR) is 94.0 cm³/mol. The Balaban J connectivity index is 1.75. The third-order valence-electron chi connectivity index (χ3n) is 4.15. The molecule has 2 heterocycles. The zero-order chi connectivity index (χ0) is 18.2. The van der Waals surface area contributed by atoms with Crippen LogP contribution >= 0.6 is 11.3 Å². The van der Waals surface area contributed by atoms with Crippen LogP contribution in [-0.2, 0) is 9.53 Å². The SMILES string of the molecule is CCOCCCNC(=O)C1CCN(C(=O)c2ccc(C(=O)O)s2)CC1. The van der Waals surface area contributed by atoms with Crippen LogP contribution in [0.4, 0.5) is 0 Å². The van der Waals surface area contributed by atoms with E-state index in [0.717, 1.165) is 17.8 Å². The molecule has 1 aromatic heterocycles. The highest BCUT2D eigenvalue weighted by Crippen LogP contribution is 2.23. The molecule has 8 heteroatoms. The molecule has 25 heavy (non-hydrogen) atoms. The summed E-state index contributed by atoms with van der Waals surface area (Å²) < 4.78 is 5.23. The van der Waals surface area contributed by atoms with Gasteiger partial charge in [-0.15, -0.1) is 11.3 Å². The highest BCUT2D eigenvalue weighted by atomic mass is 32.1. The molecule has 0 bridgehead atoms. The first-order chi connectivity index (χ1) is 12.0. The van der Waals surface area contributed by atoms with Crippen LogP contribution in [0.25, 0.3) is 0 Å². The van der Waals surface area contributed by atoms with Crippen LogP contribution in [-0.4, -0.2) is 60.6 Å². The molecule has 1 fully saturated rings. The zero-order valence-electron chi connectivity index (χ0n) is 14.3. The first-order valence-electron chi connectivity index (χ1n) is 8.50. The molecule has 0 atom stereocenters. The molecule has 0 saturated carbocycles. The van der Waals surface area contributed by atoms with Crippen molar-refractivity contribution in [1.29, 1.82) is 0 Å². The Bertz CT molecular complexity index is 608. The summed E-state index contributed by atoms with van der Waals surface area (Å²) in [6.07, 6.45) is 2.04. The van der Waals surface area contributed by atoms with Crippen molar-refractivity contribution in [3.8, 4) is 0 Å². The van der Waals surface area contributed by atoms with Crippen LogP contribution in [0.15, 0.2) is 12.1 Å². The van der Waals surface area contributed by atoms with E-state index in [1.165, 1.54) is 6.07 Å². The second-order valence-corrected chi connectivity index (χ2v) is 6.96. The van der Waals surface area contributed by atoms with Gasteiger partial charge in [0.25, 0.3) is 5.91 Å². The summed E-state index contributed by atoms with van der Waals surface area (Å²) in [4.78, 5) is 37.7. The number of rotatable bonds is 8. The smallest absolute Gasteiger partial charge is 0.345 e. The lowest BCUT2D eigenvalue weighted by atomic mass is 9.95. The molecule has 0 aromatic carbocycles. The molecule has 0 aliphatic carbocycles. The summed E-state index contributed by atoms with van der Waals surface area (Å²) in [6, 6.07) is 3.00. The Morgan fingerprint density at radius 1 is 1.28 bits per heavy atom. The lowest BCUT2D eigenvalue weighted by Gasteiger charge is -2.31. The van der Waals surface area contributed by atoms with E-state index in [0.29, 0.717) is 50.6 Å². The Labute approximate surface area is 151 Å². The number of hydrogen-bond acceptors (Lipinski definition) is 5. The molecule has 0 spiro atoms. The minimum absolute atomic E-state index is 0.0351. The molecule has 1 saturated heterocycles. The maximum absolute atomic E-state index is 12.4. The third-order valence-corrected chi connectivity index (χ3v) is 5.21. The fourth-order valence-electron chi connectivity index (χ4n) is 2.74. The largest absolute Gasteiger partial charge is 0.477 e.